The van der Waals surface area contributed by atoms with Gasteiger partial charge in [-0.2, -0.15) is 0 Å². The zero-order chi connectivity index (χ0) is 28.9. The van der Waals surface area contributed by atoms with Gasteiger partial charge in [0.15, 0.2) is 0 Å². The maximum Gasteiger partial charge on any atom is -0.0122 e. The summed E-state index contributed by atoms with van der Waals surface area (Å²) in [5.74, 6) is 0.511. The largest absolute Gasteiger partial charge is 0.133 e. The third kappa shape index (κ3) is 12.4. The Bertz CT molecular complexity index is 1050. The van der Waals surface area contributed by atoms with Crippen molar-refractivity contribution >= 4 is 14.8 Å². The van der Waals surface area contributed by atoms with E-state index >= 15 is 0 Å². The summed E-state index contributed by atoms with van der Waals surface area (Å²) in [4.78, 5) is 0. The molecule has 2 unspecified atom stereocenters. The second-order valence-electron chi connectivity index (χ2n) is 9.07. The van der Waals surface area contributed by atoms with E-state index in [4.69, 9.17) is 0 Å². The van der Waals surface area contributed by atoms with Gasteiger partial charge >= 0.3 is 0 Å². The minimum absolute atomic E-state index is 0.511. The van der Waals surface area contributed by atoms with Crippen molar-refractivity contribution in [1.29, 1.82) is 0 Å². The van der Waals surface area contributed by atoms with E-state index < -0.39 is 0 Å². The lowest BCUT2D eigenvalue weighted by Gasteiger charge is -2.19. The first-order valence-corrected chi connectivity index (χ1v) is 15.5. The predicted octanol–water partition coefficient (Wildman–Crippen LogP) is 11.9. The number of rotatable bonds is 8. The van der Waals surface area contributed by atoms with Gasteiger partial charge in [-0.15, -0.1) is 9.24 Å². The summed E-state index contributed by atoms with van der Waals surface area (Å²) in [6.45, 7) is 21.2. The molecule has 0 spiro atoms. The van der Waals surface area contributed by atoms with Gasteiger partial charge in [0.2, 0.25) is 0 Å². The Hall–Kier alpha value is -2.43. The van der Waals surface area contributed by atoms with E-state index in [0.29, 0.717) is 5.92 Å². The third-order valence-electron chi connectivity index (χ3n) is 6.37. The number of aryl methyl sites for hydroxylation is 3. The first-order chi connectivity index (χ1) is 18.4. The molecule has 208 valence electrons. The molecule has 2 atom stereocenters. The van der Waals surface area contributed by atoms with Gasteiger partial charge in [-0.3, -0.25) is 0 Å². The summed E-state index contributed by atoms with van der Waals surface area (Å²) in [5, 5.41) is 0. The number of hydrogen-bond acceptors (Lipinski definition) is 0. The predicted molar refractivity (Wildman–Crippen MR) is 179 cm³/mol. The van der Waals surface area contributed by atoms with Gasteiger partial charge in [-0.05, 0) is 85.5 Å². The average molecular weight is 531 g/mol. The van der Waals surface area contributed by atoms with E-state index in [-0.39, 0.29) is 0 Å². The Kier molecular flexibility index (Phi) is 20.1. The van der Waals surface area contributed by atoms with Crippen LogP contribution in [0.3, 0.4) is 0 Å². The van der Waals surface area contributed by atoms with Gasteiger partial charge in [0.25, 0.3) is 0 Å². The smallest absolute Gasteiger partial charge is 0.0122 e. The van der Waals surface area contributed by atoms with Crippen LogP contribution in [0, 0.1) is 13.8 Å². The Morgan fingerprint density at radius 3 is 1.79 bits per heavy atom. The van der Waals surface area contributed by atoms with Crippen LogP contribution in [0.1, 0.15) is 108 Å². The first-order valence-electron chi connectivity index (χ1n) is 14.7. The normalized spacial score (nSPS) is 11.7. The molecule has 0 aliphatic heterocycles. The van der Waals surface area contributed by atoms with Crippen molar-refractivity contribution in [1.82, 2.24) is 0 Å². The van der Waals surface area contributed by atoms with Gasteiger partial charge in [-0.1, -0.05) is 145 Å². The number of benzene rings is 3. The second kappa shape index (κ2) is 21.5. The summed E-state index contributed by atoms with van der Waals surface area (Å²) in [5.41, 5.74) is 11.3. The number of allylic oxidation sites excluding steroid dienone is 4. The molecule has 3 aromatic carbocycles. The molecule has 0 radical (unpaired) electrons. The Morgan fingerprint density at radius 1 is 0.789 bits per heavy atom. The molecule has 3 aromatic rings. The highest BCUT2D eigenvalue weighted by Crippen LogP contribution is 2.33. The lowest BCUT2D eigenvalue weighted by Crippen LogP contribution is -2.00. The molecule has 1 heteroatoms. The Morgan fingerprint density at radius 2 is 1.32 bits per heavy atom. The lowest BCUT2D eigenvalue weighted by molar-refractivity contribution is 0.761. The molecule has 0 aromatic heterocycles. The molecule has 0 saturated carbocycles. The van der Waals surface area contributed by atoms with E-state index in [0.717, 1.165) is 25.4 Å². The van der Waals surface area contributed by atoms with Crippen molar-refractivity contribution < 1.29 is 0 Å². The number of hydrogen-bond donors (Lipinski definition) is 0. The van der Waals surface area contributed by atoms with E-state index in [9.17, 15) is 0 Å². The van der Waals surface area contributed by atoms with Gasteiger partial charge in [0, 0.05) is 0 Å². The third-order valence-corrected chi connectivity index (χ3v) is 6.81. The van der Waals surface area contributed by atoms with Crippen LogP contribution < -0.4 is 0 Å². The lowest BCUT2D eigenvalue weighted by atomic mass is 9.86. The van der Waals surface area contributed by atoms with Crippen molar-refractivity contribution in [3.05, 3.63) is 124 Å². The maximum absolute atomic E-state index is 2.87. The highest BCUT2D eigenvalue weighted by molar-refractivity contribution is 7.15. The molecule has 0 heterocycles. The molecular formula is C37H55P. The zero-order valence-electron chi connectivity index (χ0n) is 26.1. The van der Waals surface area contributed by atoms with E-state index in [1.165, 1.54) is 44.5 Å². The summed E-state index contributed by atoms with van der Waals surface area (Å²) in [6, 6.07) is 26.5. The van der Waals surface area contributed by atoms with Crippen LogP contribution >= 0.6 is 9.24 Å². The van der Waals surface area contributed by atoms with Gasteiger partial charge < -0.3 is 0 Å². The molecule has 0 amide bonds. The van der Waals surface area contributed by atoms with Crippen molar-refractivity contribution in [2.45, 2.75) is 101 Å². The molecular weight excluding hydrogens is 475 g/mol. The Balaban J connectivity index is 0.000000875. The van der Waals surface area contributed by atoms with Crippen molar-refractivity contribution in [2.24, 2.45) is 0 Å². The standard InChI is InChI=1S/C24H31P.C9H12.2C2H6/c1-5-9-21(16-19(4)20-14-12-18(3)13-15-20)23(6-2)24-11-8-7-10-22(24)17-25;1-3-9-6-4-8(2)5-7-9;2*1-2/h5,7-15,19H,6,16-17,25H2,1-4H3;4-7H,3H2,1-2H3;2*1-2H3/b9-5-,23-21-;;;. The van der Waals surface area contributed by atoms with Crippen LogP contribution in [-0.4, -0.2) is 0 Å². The molecule has 0 aliphatic rings. The molecule has 38 heavy (non-hydrogen) atoms. The highest BCUT2D eigenvalue weighted by Gasteiger charge is 2.13. The fraction of sp³-hybridized carbons (Fsp3) is 0.405. The minimum Gasteiger partial charge on any atom is -0.133 e. The van der Waals surface area contributed by atoms with Gasteiger partial charge in [0.05, 0.1) is 0 Å². The summed E-state index contributed by atoms with van der Waals surface area (Å²) in [6.07, 6.45) is 8.75. The topological polar surface area (TPSA) is 0 Å². The second-order valence-corrected chi connectivity index (χ2v) is 9.48. The van der Waals surface area contributed by atoms with Crippen LogP contribution in [0.15, 0.2) is 90.5 Å². The van der Waals surface area contributed by atoms with Crippen LogP contribution in [-0.2, 0) is 12.6 Å². The van der Waals surface area contributed by atoms with E-state index in [1.807, 2.05) is 27.7 Å². The maximum atomic E-state index is 2.87. The summed E-state index contributed by atoms with van der Waals surface area (Å²) in [7, 11) is 2.87. The van der Waals surface area contributed by atoms with Crippen molar-refractivity contribution in [3.8, 4) is 0 Å². The average Bonchev–Trinajstić information content (AvgIpc) is 2.97. The molecule has 0 aliphatic carbocycles. The van der Waals surface area contributed by atoms with Gasteiger partial charge in [-0.25, -0.2) is 0 Å². The SMILES string of the molecule is C/C=C\C(CC(C)c1ccc(C)cc1)=C(/CC)c1ccccc1CP.CC.CC.CCc1ccc(C)cc1. The van der Waals surface area contributed by atoms with Crippen LogP contribution in [0.25, 0.3) is 5.57 Å². The molecule has 0 N–H and O–H groups in total. The van der Waals surface area contributed by atoms with Crippen LogP contribution in [0.5, 0.6) is 0 Å². The van der Waals surface area contributed by atoms with Crippen LogP contribution in [0.2, 0.25) is 0 Å². The first kappa shape index (κ1) is 35.6. The van der Waals surface area contributed by atoms with Gasteiger partial charge in [0.1, 0.15) is 0 Å². The molecule has 0 fully saturated rings. The Labute approximate surface area is 238 Å². The molecule has 0 bridgehead atoms. The molecule has 0 nitrogen and oxygen atoms in total. The highest BCUT2D eigenvalue weighted by atomic mass is 31.0. The van der Waals surface area contributed by atoms with Crippen molar-refractivity contribution in [3.63, 3.8) is 0 Å². The van der Waals surface area contributed by atoms with E-state index in [2.05, 4.69) is 136 Å². The monoisotopic (exact) mass is 530 g/mol. The molecule has 3 rings (SSSR count). The quantitative estimate of drug-likeness (QED) is 0.201. The summed E-state index contributed by atoms with van der Waals surface area (Å²) < 4.78 is 0. The van der Waals surface area contributed by atoms with Crippen LogP contribution in [0.4, 0.5) is 0 Å². The summed E-state index contributed by atoms with van der Waals surface area (Å²) >= 11 is 0. The molecule has 0 saturated heterocycles. The van der Waals surface area contributed by atoms with Crippen molar-refractivity contribution in [2.75, 3.05) is 0 Å². The minimum atomic E-state index is 0.511. The van der Waals surface area contributed by atoms with E-state index in [1.54, 1.807) is 0 Å². The fourth-order valence-corrected chi connectivity index (χ4v) is 4.60. The fourth-order valence-electron chi connectivity index (χ4n) is 4.24. The zero-order valence-corrected chi connectivity index (χ0v) is 27.2.